The monoisotopic (exact) mass is 379 g/mol. The van der Waals surface area contributed by atoms with Gasteiger partial charge in [0, 0.05) is 42.8 Å². The molecule has 148 valence electrons. The summed E-state index contributed by atoms with van der Waals surface area (Å²) in [7, 11) is 0. The number of aryl methyl sites for hydroxylation is 1. The van der Waals surface area contributed by atoms with Crippen molar-refractivity contribution in [1.29, 1.82) is 0 Å². The summed E-state index contributed by atoms with van der Waals surface area (Å²) in [5.74, 6) is 1.70. The molecular formula is C22H29N5O. The number of ether oxygens (including phenoxy) is 1. The van der Waals surface area contributed by atoms with Crippen molar-refractivity contribution < 1.29 is 4.74 Å². The number of anilines is 1. The third-order valence-corrected chi connectivity index (χ3v) is 5.59. The van der Waals surface area contributed by atoms with Crippen molar-refractivity contribution in [2.45, 2.75) is 32.7 Å². The number of para-hydroxylation sites is 1. The standard InChI is InChI=1S/C22H29N5O/c1-3-28-21-14-23-16-25-22(21)27-12-11-26(17(2)15-27)10-6-7-18-13-24-20-9-5-4-8-19(18)20/h4-5,8-9,13-14,16-17,24H,3,6-7,10-12,15H2,1-2H3. The van der Waals surface area contributed by atoms with Gasteiger partial charge in [0.05, 0.1) is 12.8 Å². The van der Waals surface area contributed by atoms with Gasteiger partial charge in [0.2, 0.25) is 0 Å². The van der Waals surface area contributed by atoms with Gasteiger partial charge in [-0.15, -0.1) is 0 Å². The number of nitrogens with one attached hydrogen (secondary N) is 1. The molecule has 0 saturated carbocycles. The Morgan fingerprint density at radius 1 is 1.25 bits per heavy atom. The molecule has 0 bridgehead atoms. The van der Waals surface area contributed by atoms with Crippen molar-refractivity contribution in [3.05, 3.63) is 48.5 Å². The average molecular weight is 380 g/mol. The summed E-state index contributed by atoms with van der Waals surface area (Å²) in [4.78, 5) is 16.9. The van der Waals surface area contributed by atoms with Crippen LogP contribution >= 0.6 is 0 Å². The number of fused-ring (bicyclic) bond motifs is 1. The molecule has 3 aromatic rings. The van der Waals surface area contributed by atoms with Crippen LogP contribution in [0.3, 0.4) is 0 Å². The highest BCUT2D eigenvalue weighted by Gasteiger charge is 2.26. The lowest BCUT2D eigenvalue weighted by molar-refractivity contribution is 0.186. The molecule has 4 rings (SSSR count). The third-order valence-electron chi connectivity index (χ3n) is 5.59. The number of benzene rings is 1. The van der Waals surface area contributed by atoms with Gasteiger partial charge in [-0.05, 0) is 44.9 Å². The molecule has 1 fully saturated rings. The van der Waals surface area contributed by atoms with Crippen LogP contribution in [0.15, 0.2) is 43.0 Å². The van der Waals surface area contributed by atoms with Crippen LogP contribution in [0.1, 0.15) is 25.8 Å². The minimum Gasteiger partial charge on any atom is -0.488 e. The lowest BCUT2D eigenvalue weighted by Gasteiger charge is -2.40. The molecule has 1 saturated heterocycles. The second-order valence-electron chi connectivity index (χ2n) is 7.44. The van der Waals surface area contributed by atoms with Crippen LogP contribution in [-0.4, -0.2) is 58.7 Å². The molecule has 0 amide bonds. The Labute approximate surface area is 166 Å². The molecule has 28 heavy (non-hydrogen) atoms. The lowest BCUT2D eigenvalue weighted by atomic mass is 10.1. The normalized spacial score (nSPS) is 17.9. The van der Waals surface area contributed by atoms with E-state index in [1.807, 2.05) is 6.92 Å². The topological polar surface area (TPSA) is 57.3 Å². The minimum absolute atomic E-state index is 0.487. The van der Waals surface area contributed by atoms with E-state index in [9.17, 15) is 0 Å². The van der Waals surface area contributed by atoms with E-state index in [1.165, 1.54) is 22.9 Å². The van der Waals surface area contributed by atoms with Gasteiger partial charge in [-0.2, -0.15) is 0 Å². The highest BCUT2D eigenvalue weighted by atomic mass is 16.5. The first-order valence-electron chi connectivity index (χ1n) is 10.2. The molecule has 1 unspecified atom stereocenters. The van der Waals surface area contributed by atoms with Crippen LogP contribution in [0.25, 0.3) is 10.9 Å². The zero-order chi connectivity index (χ0) is 19.3. The molecule has 0 spiro atoms. The van der Waals surface area contributed by atoms with Crippen molar-refractivity contribution in [3.8, 4) is 5.75 Å². The second kappa shape index (κ2) is 8.61. The number of hydrogen-bond donors (Lipinski definition) is 1. The summed E-state index contributed by atoms with van der Waals surface area (Å²) in [6.45, 7) is 9.02. The van der Waals surface area contributed by atoms with Gasteiger partial charge in [-0.25, -0.2) is 9.97 Å². The SMILES string of the molecule is CCOc1cncnc1N1CCN(CCCc2c[nH]c3ccccc23)C(C)C1. The Balaban J connectivity index is 1.32. The van der Waals surface area contributed by atoms with Crippen molar-refractivity contribution in [2.75, 3.05) is 37.7 Å². The summed E-state index contributed by atoms with van der Waals surface area (Å²) in [6.07, 6.45) is 7.82. The molecule has 2 aromatic heterocycles. The molecule has 1 atom stereocenters. The fraction of sp³-hybridized carbons (Fsp3) is 0.455. The highest BCUT2D eigenvalue weighted by molar-refractivity contribution is 5.82. The van der Waals surface area contributed by atoms with E-state index in [0.717, 1.165) is 44.2 Å². The molecule has 6 heteroatoms. The predicted octanol–water partition coefficient (Wildman–Crippen LogP) is 3.50. The molecular weight excluding hydrogens is 350 g/mol. The van der Waals surface area contributed by atoms with E-state index in [1.54, 1.807) is 12.5 Å². The highest BCUT2D eigenvalue weighted by Crippen LogP contribution is 2.27. The van der Waals surface area contributed by atoms with Crippen molar-refractivity contribution in [2.24, 2.45) is 0 Å². The zero-order valence-electron chi connectivity index (χ0n) is 16.8. The van der Waals surface area contributed by atoms with E-state index >= 15 is 0 Å². The van der Waals surface area contributed by atoms with E-state index in [4.69, 9.17) is 4.74 Å². The van der Waals surface area contributed by atoms with Gasteiger partial charge in [0.25, 0.3) is 0 Å². The number of H-pyrrole nitrogens is 1. The Hall–Kier alpha value is -2.60. The van der Waals surface area contributed by atoms with Crippen LogP contribution < -0.4 is 9.64 Å². The fourth-order valence-corrected chi connectivity index (χ4v) is 4.14. The maximum Gasteiger partial charge on any atom is 0.180 e. The Kier molecular flexibility index (Phi) is 5.76. The summed E-state index contributed by atoms with van der Waals surface area (Å²) >= 11 is 0. The summed E-state index contributed by atoms with van der Waals surface area (Å²) < 4.78 is 5.71. The molecule has 1 aliphatic rings. The zero-order valence-corrected chi connectivity index (χ0v) is 16.8. The molecule has 0 aliphatic carbocycles. The minimum atomic E-state index is 0.487. The van der Waals surface area contributed by atoms with E-state index in [2.05, 4.69) is 62.1 Å². The van der Waals surface area contributed by atoms with Crippen molar-refractivity contribution in [3.63, 3.8) is 0 Å². The van der Waals surface area contributed by atoms with Gasteiger partial charge in [-0.1, -0.05) is 18.2 Å². The smallest absolute Gasteiger partial charge is 0.180 e. The second-order valence-corrected chi connectivity index (χ2v) is 7.44. The van der Waals surface area contributed by atoms with Gasteiger partial charge in [0.1, 0.15) is 6.33 Å². The van der Waals surface area contributed by atoms with Gasteiger partial charge in [-0.3, -0.25) is 4.90 Å². The van der Waals surface area contributed by atoms with Crippen LogP contribution in [0.2, 0.25) is 0 Å². The Bertz CT molecular complexity index is 909. The summed E-state index contributed by atoms with van der Waals surface area (Å²) in [5, 5.41) is 1.35. The fourth-order valence-electron chi connectivity index (χ4n) is 4.14. The maximum atomic E-state index is 5.71. The summed E-state index contributed by atoms with van der Waals surface area (Å²) in [6, 6.07) is 9.04. The first kappa shape index (κ1) is 18.7. The molecule has 1 aliphatic heterocycles. The predicted molar refractivity (Wildman–Crippen MR) is 113 cm³/mol. The molecule has 0 radical (unpaired) electrons. The maximum absolute atomic E-state index is 5.71. The number of hydrogen-bond acceptors (Lipinski definition) is 5. The van der Waals surface area contributed by atoms with Crippen molar-refractivity contribution in [1.82, 2.24) is 19.9 Å². The largest absolute Gasteiger partial charge is 0.488 e. The molecule has 1 aromatic carbocycles. The van der Waals surface area contributed by atoms with E-state index in [-0.39, 0.29) is 0 Å². The number of nitrogens with zero attached hydrogens (tertiary/aromatic N) is 4. The molecule has 3 heterocycles. The number of aromatic nitrogens is 3. The average Bonchev–Trinajstić information content (AvgIpc) is 3.13. The quantitative estimate of drug-likeness (QED) is 0.681. The van der Waals surface area contributed by atoms with Crippen molar-refractivity contribution >= 4 is 16.7 Å². The van der Waals surface area contributed by atoms with E-state index < -0.39 is 0 Å². The van der Waals surface area contributed by atoms with Gasteiger partial charge >= 0.3 is 0 Å². The van der Waals surface area contributed by atoms with Gasteiger partial charge in [0.15, 0.2) is 11.6 Å². The van der Waals surface area contributed by atoms with Crippen LogP contribution in [0.5, 0.6) is 5.75 Å². The van der Waals surface area contributed by atoms with Crippen LogP contribution in [-0.2, 0) is 6.42 Å². The summed E-state index contributed by atoms with van der Waals surface area (Å²) in [5.41, 5.74) is 2.65. The number of rotatable bonds is 7. The first-order valence-corrected chi connectivity index (χ1v) is 10.2. The lowest BCUT2D eigenvalue weighted by Crippen LogP contribution is -2.52. The van der Waals surface area contributed by atoms with E-state index in [0.29, 0.717) is 12.6 Å². The first-order chi connectivity index (χ1) is 13.8. The van der Waals surface area contributed by atoms with Crippen LogP contribution in [0, 0.1) is 0 Å². The Morgan fingerprint density at radius 3 is 3.00 bits per heavy atom. The third kappa shape index (κ3) is 3.97. The molecule has 1 N–H and O–H groups in total. The Morgan fingerprint density at radius 2 is 2.14 bits per heavy atom. The molecule has 6 nitrogen and oxygen atoms in total. The van der Waals surface area contributed by atoms with Gasteiger partial charge < -0.3 is 14.6 Å². The number of piperazine rings is 1. The number of aromatic amines is 1. The van der Waals surface area contributed by atoms with Crippen LogP contribution in [0.4, 0.5) is 5.82 Å².